The first-order valence-corrected chi connectivity index (χ1v) is 7.89. The highest BCUT2D eigenvalue weighted by Crippen LogP contribution is 2.15. The minimum absolute atomic E-state index is 0.120. The van der Waals surface area contributed by atoms with Crippen LogP contribution in [0.4, 0.5) is 5.69 Å². The van der Waals surface area contributed by atoms with Crippen molar-refractivity contribution in [2.24, 2.45) is 0 Å². The zero-order valence-electron chi connectivity index (χ0n) is 12.0. The molecule has 22 heavy (non-hydrogen) atoms. The Hall–Kier alpha value is -2.15. The summed E-state index contributed by atoms with van der Waals surface area (Å²) in [5.41, 5.74) is 3.40. The summed E-state index contributed by atoms with van der Waals surface area (Å²) in [6.45, 7) is 1.99. The number of rotatable bonds is 3. The minimum atomic E-state index is -0.120. The van der Waals surface area contributed by atoms with Crippen LogP contribution in [-0.4, -0.2) is 15.7 Å². The lowest BCUT2D eigenvalue weighted by Gasteiger charge is -2.07. The molecule has 0 saturated heterocycles. The first-order chi connectivity index (χ1) is 10.6. The van der Waals surface area contributed by atoms with Crippen LogP contribution < -0.4 is 5.32 Å². The summed E-state index contributed by atoms with van der Waals surface area (Å²) >= 11 is 2.23. The molecule has 3 rings (SSSR count). The second-order valence-electron chi connectivity index (χ2n) is 4.89. The Kier molecular flexibility index (Phi) is 4.24. The third-order valence-electron chi connectivity index (χ3n) is 3.31. The van der Waals surface area contributed by atoms with Crippen LogP contribution >= 0.6 is 22.6 Å². The molecule has 1 amide bonds. The van der Waals surface area contributed by atoms with Gasteiger partial charge >= 0.3 is 0 Å². The highest BCUT2D eigenvalue weighted by Gasteiger charge is 2.07. The van der Waals surface area contributed by atoms with E-state index >= 15 is 0 Å². The Morgan fingerprint density at radius 3 is 2.32 bits per heavy atom. The first-order valence-electron chi connectivity index (χ1n) is 6.81. The first kappa shape index (κ1) is 14.8. The van der Waals surface area contributed by atoms with Crippen molar-refractivity contribution in [3.8, 4) is 5.69 Å². The third kappa shape index (κ3) is 3.19. The molecule has 0 atom stereocenters. The van der Waals surface area contributed by atoms with E-state index in [9.17, 15) is 4.79 Å². The number of hydrogen-bond acceptors (Lipinski definition) is 2. The monoisotopic (exact) mass is 403 g/mol. The van der Waals surface area contributed by atoms with Gasteiger partial charge in [-0.05, 0) is 84.1 Å². The molecule has 0 fully saturated rings. The van der Waals surface area contributed by atoms with Crippen LogP contribution in [0.3, 0.4) is 0 Å². The summed E-state index contributed by atoms with van der Waals surface area (Å²) in [6.07, 6.45) is 1.76. The Balaban J connectivity index is 1.76. The molecule has 0 aliphatic carbocycles. The number of nitrogens with zero attached hydrogens (tertiary/aromatic N) is 2. The van der Waals surface area contributed by atoms with Crippen LogP contribution in [0.1, 0.15) is 16.1 Å². The molecule has 0 radical (unpaired) electrons. The highest BCUT2D eigenvalue weighted by molar-refractivity contribution is 14.1. The van der Waals surface area contributed by atoms with Crippen LogP contribution in [0.15, 0.2) is 60.8 Å². The summed E-state index contributed by atoms with van der Waals surface area (Å²) in [7, 11) is 0. The van der Waals surface area contributed by atoms with Crippen molar-refractivity contribution in [1.29, 1.82) is 0 Å². The average Bonchev–Trinajstić information content (AvgIpc) is 2.96. The zero-order valence-corrected chi connectivity index (χ0v) is 14.1. The maximum absolute atomic E-state index is 12.2. The topological polar surface area (TPSA) is 46.9 Å². The van der Waals surface area contributed by atoms with Crippen LogP contribution in [-0.2, 0) is 0 Å². The number of carbonyl (C=O) groups is 1. The van der Waals surface area contributed by atoms with Gasteiger partial charge in [0.05, 0.1) is 5.69 Å². The fourth-order valence-electron chi connectivity index (χ4n) is 2.13. The van der Waals surface area contributed by atoms with E-state index in [4.69, 9.17) is 0 Å². The van der Waals surface area contributed by atoms with Gasteiger partial charge in [-0.1, -0.05) is 0 Å². The van der Waals surface area contributed by atoms with Gasteiger partial charge in [-0.3, -0.25) is 4.79 Å². The maximum atomic E-state index is 12.2. The van der Waals surface area contributed by atoms with Crippen LogP contribution in [0.5, 0.6) is 0 Å². The van der Waals surface area contributed by atoms with Gasteiger partial charge in [0.15, 0.2) is 0 Å². The van der Waals surface area contributed by atoms with Crippen molar-refractivity contribution < 1.29 is 4.79 Å². The maximum Gasteiger partial charge on any atom is 0.255 e. The molecule has 0 aliphatic heterocycles. The minimum Gasteiger partial charge on any atom is -0.322 e. The second kappa shape index (κ2) is 6.31. The summed E-state index contributed by atoms with van der Waals surface area (Å²) in [5, 5.41) is 7.14. The average molecular weight is 403 g/mol. The fourth-order valence-corrected chi connectivity index (χ4v) is 2.49. The Morgan fingerprint density at radius 2 is 1.73 bits per heavy atom. The SMILES string of the molecule is Cc1ccnn1-c1ccc(C(=O)Nc2ccc(I)cc2)cc1. The van der Waals surface area contributed by atoms with Crippen molar-refractivity contribution in [2.75, 3.05) is 5.32 Å². The van der Waals surface area contributed by atoms with E-state index < -0.39 is 0 Å². The molecule has 0 unspecified atom stereocenters. The molecule has 0 bridgehead atoms. The van der Waals surface area contributed by atoms with E-state index in [2.05, 4.69) is 33.0 Å². The Labute approximate surface area is 142 Å². The molecule has 5 heteroatoms. The lowest BCUT2D eigenvalue weighted by atomic mass is 10.2. The van der Waals surface area contributed by atoms with E-state index in [1.165, 1.54) is 0 Å². The van der Waals surface area contributed by atoms with Gasteiger partial charge in [0.2, 0.25) is 0 Å². The predicted molar refractivity (Wildman–Crippen MR) is 95.4 cm³/mol. The van der Waals surface area contributed by atoms with Crippen molar-refractivity contribution in [1.82, 2.24) is 9.78 Å². The molecular weight excluding hydrogens is 389 g/mol. The van der Waals surface area contributed by atoms with Crippen LogP contribution in [0.25, 0.3) is 5.69 Å². The molecule has 4 nitrogen and oxygen atoms in total. The van der Waals surface area contributed by atoms with Crippen LogP contribution in [0, 0.1) is 10.5 Å². The molecule has 0 saturated carbocycles. The number of benzene rings is 2. The third-order valence-corrected chi connectivity index (χ3v) is 4.03. The molecule has 2 aromatic carbocycles. The number of anilines is 1. The number of nitrogens with one attached hydrogen (secondary N) is 1. The largest absolute Gasteiger partial charge is 0.322 e. The number of aromatic nitrogens is 2. The molecule has 1 heterocycles. The molecule has 3 aromatic rings. The number of aryl methyl sites for hydroxylation is 1. The standard InChI is InChI=1S/C17H14IN3O/c1-12-10-11-19-21(12)16-8-2-13(3-9-16)17(22)20-15-6-4-14(18)5-7-15/h2-11H,1H3,(H,20,22). The highest BCUT2D eigenvalue weighted by atomic mass is 127. The van der Waals surface area contributed by atoms with E-state index in [0.717, 1.165) is 20.6 Å². The second-order valence-corrected chi connectivity index (χ2v) is 6.14. The van der Waals surface area contributed by atoms with E-state index in [1.54, 1.807) is 18.3 Å². The zero-order chi connectivity index (χ0) is 15.5. The van der Waals surface area contributed by atoms with Crippen LogP contribution in [0.2, 0.25) is 0 Å². The molecule has 110 valence electrons. The van der Waals surface area contributed by atoms with Gasteiger partial charge in [0.25, 0.3) is 5.91 Å². The molecule has 0 spiro atoms. The van der Waals surface area contributed by atoms with Gasteiger partial charge < -0.3 is 5.32 Å². The van der Waals surface area contributed by atoms with E-state index in [-0.39, 0.29) is 5.91 Å². The Bertz CT molecular complexity index is 792. The smallest absolute Gasteiger partial charge is 0.255 e. The van der Waals surface area contributed by atoms with Gasteiger partial charge in [0, 0.05) is 26.7 Å². The lowest BCUT2D eigenvalue weighted by molar-refractivity contribution is 0.102. The lowest BCUT2D eigenvalue weighted by Crippen LogP contribution is -2.12. The van der Waals surface area contributed by atoms with Crippen molar-refractivity contribution in [3.63, 3.8) is 0 Å². The van der Waals surface area contributed by atoms with Crippen molar-refractivity contribution in [3.05, 3.63) is 75.6 Å². The van der Waals surface area contributed by atoms with Gasteiger partial charge in [-0.15, -0.1) is 0 Å². The predicted octanol–water partition coefficient (Wildman–Crippen LogP) is 4.04. The summed E-state index contributed by atoms with van der Waals surface area (Å²) in [6, 6.07) is 17.0. The number of halogens is 1. The Morgan fingerprint density at radius 1 is 1.05 bits per heavy atom. The fraction of sp³-hybridized carbons (Fsp3) is 0.0588. The molecular formula is C17H14IN3O. The normalized spacial score (nSPS) is 10.5. The summed E-state index contributed by atoms with van der Waals surface area (Å²) in [4.78, 5) is 12.2. The number of hydrogen-bond donors (Lipinski definition) is 1. The van der Waals surface area contributed by atoms with Gasteiger partial charge in [-0.2, -0.15) is 5.10 Å². The molecule has 0 aliphatic rings. The molecule has 1 N–H and O–H groups in total. The van der Waals surface area contributed by atoms with Gasteiger partial charge in [0.1, 0.15) is 0 Å². The van der Waals surface area contributed by atoms with E-state index in [0.29, 0.717) is 5.56 Å². The van der Waals surface area contributed by atoms with Crippen molar-refractivity contribution >= 4 is 34.2 Å². The quantitative estimate of drug-likeness (QED) is 0.672. The number of amides is 1. The summed E-state index contributed by atoms with van der Waals surface area (Å²) < 4.78 is 2.97. The number of carbonyl (C=O) groups excluding carboxylic acids is 1. The summed E-state index contributed by atoms with van der Waals surface area (Å²) in [5.74, 6) is -0.120. The van der Waals surface area contributed by atoms with Crippen molar-refractivity contribution in [2.45, 2.75) is 6.92 Å². The van der Waals surface area contributed by atoms with E-state index in [1.807, 2.05) is 54.1 Å². The molecule has 1 aromatic heterocycles. The van der Waals surface area contributed by atoms with Gasteiger partial charge in [-0.25, -0.2) is 4.68 Å².